The lowest BCUT2D eigenvalue weighted by Crippen LogP contribution is -2.61. The van der Waals surface area contributed by atoms with Crippen LogP contribution in [-0.4, -0.2) is 6.71 Å². The minimum absolute atomic E-state index is 0.000669. The highest BCUT2D eigenvalue weighted by Gasteiger charge is 2.49. The number of nitrogens with zero attached hydrogens (tertiary/aromatic N) is 3. The van der Waals surface area contributed by atoms with E-state index < -0.39 is 0 Å². The van der Waals surface area contributed by atoms with E-state index in [0.717, 1.165) is 36.3 Å². The zero-order valence-corrected chi connectivity index (χ0v) is 50.1. The van der Waals surface area contributed by atoms with Crippen molar-refractivity contribution >= 4 is 95.0 Å². The summed E-state index contributed by atoms with van der Waals surface area (Å²) < 4.78 is 2.73. The fraction of sp³-hybridized carbons (Fsp3) is 0.324. The molecular formula is C74H78BN3S. The van der Waals surface area contributed by atoms with Crippen LogP contribution in [0, 0.1) is 0 Å². The van der Waals surface area contributed by atoms with Gasteiger partial charge < -0.3 is 14.7 Å². The first-order chi connectivity index (χ1) is 37.4. The highest BCUT2D eigenvalue weighted by atomic mass is 32.1. The van der Waals surface area contributed by atoms with Crippen LogP contribution in [0.15, 0.2) is 170 Å². The summed E-state index contributed by atoms with van der Waals surface area (Å²) in [6.07, 6.45) is 4.63. The lowest BCUT2D eigenvalue weighted by atomic mass is 9.35. The molecular weight excluding hydrogens is 974 g/mol. The van der Waals surface area contributed by atoms with Crippen molar-refractivity contribution in [2.75, 3.05) is 14.7 Å². The average molecular weight is 1050 g/mol. The van der Waals surface area contributed by atoms with Crippen molar-refractivity contribution in [1.82, 2.24) is 0 Å². The highest BCUT2D eigenvalue weighted by molar-refractivity contribution is 7.33. The number of rotatable bonds is 6. The second-order valence-electron chi connectivity index (χ2n) is 28.4. The molecule has 9 aromatic rings. The molecule has 0 atom stereocenters. The molecule has 5 heteroatoms. The van der Waals surface area contributed by atoms with Crippen molar-refractivity contribution in [2.24, 2.45) is 0 Å². The molecule has 8 aromatic carbocycles. The van der Waals surface area contributed by atoms with Gasteiger partial charge in [-0.1, -0.05) is 188 Å². The maximum atomic E-state index is 2.73. The first-order valence-corrected chi connectivity index (χ1v) is 30.0. The third kappa shape index (κ3) is 8.34. The summed E-state index contributed by atoms with van der Waals surface area (Å²) in [5.74, 6) is 0. The second-order valence-corrected chi connectivity index (χ2v) is 29.4. The maximum absolute atomic E-state index is 2.73. The second kappa shape index (κ2) is 17.8. The van der Waals surface area contributed by atoms with Gasteiger partial charge in [-0.25, -0.2) is 0 Å². The summed E-state index contributed by atoms with van der Waals surface area (Å²) in [6.45, 7) is 34.0. The minimum Gasteiger partial charge on any atom is -0.311 e. The standard InChI is InChI=1S/C74H78BN3S/c1-69(2,3)48-30-34-61(54(40-48)47-24-18-15-19-25-47)78-64-44-53(76(50-26-20-16-21-27-50)51-28-22-17-23-29-51)43-63-66(64)75(68-67(78)55-41-49(70(4,5)6)31-35-65(55)79-68)60-45-58-59(74(13,14)39-38-73(58,11)12)46-62(60)77(63)52-32-33-56-57(42-52)72(9,10)37-36-71(56,7)8/h15-35,40-46H,36-39H2,1-14H3. The Morgan fingerprint density at radius 2 is 0.949 bits per heavy atom. The summed E-state index contributed by atoms with van der Waals surface area (Å²) in [6, 6.07) is 66.1. The molecule has 79 heavy (non-hydrogen) atoms. The number of benzene rings is 8. The zero-order valence-electron chi connectivity index (χ0n) is 49.3. The van der Waals surface area contributed by atoms with Crippen LogP contribution in [-0.2, 0) is 32.5 Å². The molecule has 0 spiro atoms. The molecule has 0 saturated carbocycles. The molecule has 13 rings (SSSR count). The van der Waals surface area contributed by atoms with Gasteiger partial charge in [-0.05, 0) is 187 Å². The topological polar surface area (TPSA) is 9.72 Å². The molecule has 0 amide bonds. The first-order valence-electron chi connectivity index (χ1n) is 29.2. The Labute approximate surface area is 476 Å². The molecule has 0 saturated heterocycles. The molecule has 398 valence electrons. The molecule has 0 fully saturated rings. The van der Waals surface area contributed by atoms with Gasteiger partial charge in [0.05, 0.1) is 17.1 Å². The predicted molar refractivity (Wildman–Crippen MR) is 344 cm³/mol. The number of thiophene rings is 1. The number of anilines is 9. The number of para-hydroxylation sites is 2. The van der Waals surface area contributed by atoms with E-state index in [0.29, 0.717) is 0 Å². The van der Waals surface area contributed by atoms with Crippen LogP contribution in [0.25, 0.3) is 21.2 Å². The Morgan fingerprint density at radius 3 is 1.53 bits per heavy atom. The number of fused-ring (bicyclic) bond motifs is 8. The van der Waals surface area contributed by atoms with Gasteiger partial charge in [-0.2, -0.15) is 0 Å². The highest BCUT2D eigenvalue weighted by Crippen LogP contribution is 2.56. The Balaban J connectivity index is 1.23. The molecule has 0 radical (unpaired) electrons. The van der Waals surface area contributed by atoms with Crippen LogP contribution in [0.5, 0.6) is 0 Å². The smallest absolute Gasteiger partial charge is 0.264 e. The monoisotopic (exact) mass is 1050 g/mol. The summed E-state index contributed by atoms with van der Waals surface area (Å²) >= 11 is 2.01. The van der Waals surface area contributed by atoms with Gasteiger partial charge in [-0.15, -0.1) is 11.3 Å². The molecule has 3 nitrogen and oxygen atoms in total. The summed E-state index contributed by atoms with van der Waals surface area (Å²) in [4.78, 5) is 7.96. The van der Waals surface area contributed by atoms with E-state index in [1.807, 2.05) is 11.3 Å². The van der Waals surface area contributed by atoms with E-state index >= 15 is 0 Å². The van der Waals surface area contributed by atoms with Crippen LogP contribution >= 0.6 is 11.3 Å². The summed E-state index contributed by atoms with van der Waals surface area (Å²) in [7, 11) is 0. The summed E-state index contributed by atoms with van der Waals surface area (Å²) in [5.41, 5.74) is 24.6. The lowest BCUT2D eigenvalue weighted by Gasteiger charge is -2.48. The maximum Gasteiger partial charge on any atom is 0.264 e. The lowest BCUT2D eigenvalue weighted by molar-refractivity contribution is 0.332. The van der Waals surface area contributed by atoms with Crippen LogP contribution in [0.2, 0.25) is 0 Å². The Morgan fingerprint density at radius 1 is 0.443 bits per heavy atom. The van der Waals surface area contributed by atoms with E-state index in [-0.39, 0.29) is 39.2 Å². The van der Waals surface area contributed by atoms with E-state index in [1.165, 1.54) is 111 Å². The van der Waals surface area contributed by atoms with E-state index in [4.69, 9.17) is 0 Å². The van der Waals surface area contributed by atoms with Gasteiger partial charge in [0.15, 0.2) is 0 Å². The Bertz CT molecular complexity index is 3850. The van der Waals surface area contributed by atoms with Gasteiger partial charge in [0.25, 0.3) is 6.71 Å². The molecule has 3 heterocycles. The Hall–Kier alpha value is -6.82. The molecule has 0 bridgehead atoms. The molecule has 0 N–H and O–H groups in total. The normalized spacial score (nSPS) is 17.4. The van der Waals surface area contributed by atoms with E-state index in [2.05, 4.69) is 281 Å². The van der Waals surface area contributed by atoms with Crippen molar-refractivity contribution in [3.05, 3.63) is 203 Å². The van der Waals surface area contributed by atoms with Crippen LogP contribution in [0.1, 0.15) is 156 Å². The van der Waals surface area contributed by atoms with Crippen molar-refractivity contribution in [3.8, 4) is 11.1 Å². The van der Waals surface area contributed by atoms with Crippen molar-refractivity contribution in [3.63, 3.8) is 0 Å². The first kappa shape index (κ1) is 51.6. The molecule has 4 aliphatic rings. The molecule has 2 aliphatic heterocycles. The van der Waals surface area contributed by atoms with Crippen molar-refractivity contribution in [1.29, 1.82) is 0 Å². The third-order valence-electron chi connectivity index (χ3n) is 19.1. The van der Waals surface area contributed by atoms with Gasteiger partial charge >= 0.3 is 0 Å². The zero-order chi connectivity index (χ0) is 55.3. The molecule has 0 unspecified atom stereocenters. The van der Waals surface area contributed by atoms with Crippen LogP contribution in [0.4, 0.5) is 51.2 Å². The number of hydrogen-bond acceptors (Lipinski definition) is 4. The van der Waals surface area contributed by atoms with Gasteiger partial charge in [0.1, 0.15) is 0 Å². The van der Waals surface area contributed by atoms with Gasteiger partial charge in [-0.3, -0.25) is 0 Å². The largest absolute Gasteiger partial charge is 0.311 e. The fourth-order valence-corrected chi connectivity index (χ4v) is 15.3. The quantitative estimate of drug-likeness (QED) is 0.154. The average Bonchev–Trinajstić information content (AvgIpc) is 4.08. The minimum atomic E-state index is -0.0633. The Kier molecular flexibility index (Phi) is 11.7. The molecule has 2 aliphatic carbocycles. The van der Waals surface area contributed by atoms with Crippen molar-refractivity contribution in [2.45, 2.75) is 155 Å². The summed E-state index contributed by atoms with van der Waals surface area (Å²) in [5, 5.41) is 1.31. The molecule has 1 aromatic heterocycles. The van der Waals surface area contributed by atoms with Gasteiger partial charge in [0, 0.05) is 54.6 Å². The van der Waals surface area contributed by atoms with E-state index in [1.54, 1.807) is 0 Å². The van der Waals surface area contributed by atoms with Crippen molar-refractivity contribution < 1.29 is 0 Å². The predicted octanol–water partition coefficient (Wildman–Crippen LogP) is 19.4. The third-order valence-corrected chi connectivity index (χ3v) is 20.3. The SMILES string of the molecule is CC(C)(C)c1ccc(N2c3cc(N(c4ccccc4)c4ccccc4)cc4c3B(c3cc5c(cc3N4c3ccc4c(c3)C(C)(C)CCC4(C)C)C(C)(C)CCC5(C)C)c3sc4ccc(C(C)(C)C)cc4c32)c(-c2ccccc2)c1. The van der Waals surface area contributed by atoms with Crippen LogP contribution < -0.4 is 30.4 Å². The van der Waals surface area contributed by atoms with E-state index in [9.17, 15) is 0 Å². The van der Waals surface area contributed by atoms with Gasteiger partial charge in [0.2, 0.25) is 0 Å². The van der Waals surface area contributed by atoms with Crippen LogP contribution in [0.3, 0.4) is 0 Å². The fourth-order valence-electron chi connectivity index (χ4n) is 14.0. The number of hydrogen-bond donors (Lipinski definition) is 0.